The van der Waals surface area contributed by atoms with Gasteiger partial charge in [0.15, 0.2) is 0 Å². The minimum absolute atomic E-state index is 0.174. The third-order valence-electron chi connectivity index (χ3n) is 5.29. The molecule has 1 atom stereocenters. The third-order valence-corrected chi connectivity index (χ3v) is 5.29. The molecule has 1 unspecified atom stereocenters. The Labute approximate surface area is 135 Å². The van der Waals surface area contributed by atoms with Crippen molar-refractivity contribution in [1.29, 1.82) is 0 Å². The number of aliphatic hydroxyl groups is 1. The lowest BCUT2D eigenvalue weighted by atomic mass is 9.89. The first-order valence-electron chi connectivity index (χ1n) is 9.07. The highest BCUT2D eigenvalue weighted by atomic mass is 16.3. The molecule has 128 valence electrons. The van der Waals surface area contributed by atoms with Crippen LogP contribution in [0.2, 0.25) is 0 Å². The van der Waals surface area contributed by atoms with Crippen molar-refractivity contribution in [3.8, 4) is 0 Å². The first-order valence-corrected chi connectivity index (χ1v) is 9.07. The summed E-state index contributed by atoms with van der Waals surface area (Å²) in [6.07, 6.45) is 7.55. The van der Waals surface area contributed by atoms with Crippen LogP contribution >= 0.6 is 0 Å². The van der Waals surface area contributed by atoms with E-state index in [9.17, 15) is 9.90 Å². The molecule has 1 saturated heterocycles. The Balaban J connectivity index is 1.61. The molecular weight excluding hydrogens is 278 g/mol. The summed E-state index contributed by atoms with van der Waals surface area (Å²) < 4.78 is 0. The van der Waals surface area contributed by atoms with Crippen LogP contribution in [0.5, 0.6) is 0 Å². The SMILES string of the molecule is CCC(CO)N1CCN(CC(=O)NCC2CCCCC2)CC1. The largest absolute Gasteiger partial charge is 0.395 e. The molecule has 1 aliphatic carbocycles. The zero-order valence-corrected chi connectivity index (χ0v) is 14.1. The summed E-state index contributed by atoms with van der Waals surface area (Å²) in [6.45, 7) is 7.49. The lowest BCUT2D eigenvalue weighted by molar-refractivity contribution is -0.123. The van der Waals surface area contributed by atoms with Gasteiger partial charge in [-0.15, -0.1) is 0 Å². The molecule has 2 aliphatic rings. The molecule has 0 aromatic carbocycles. The monoisotopic (exact) mass is 311 g/mol. The molecular formula is C17H33N3O2. The predicted molar refractivity (Wildman–Crippen MR) is 88.8 cm³/mol. The Morgan fingerprint density at radius 2 is 1.86 bits per heavy atom. The number of amides is 1. The van der Waals surface area contributed by atoms with Gasteiger partial charge in [0, 0.05) is 38.8 Å². The van der Waals surface area contributed by atoms with Crippen molar-refractivity contribution < 1.29 is 9.90 Å². The van der Waals surface area contributed by atoms with E-state index in [0.29, 0.717) is 12.5 Å². The molecule has 0 spiro atoms. The Kier molecular flexibility index (Phi) is 7.63. The van der Waals surface area contributed by atoms with Crippen LogP contribution in [0.1, 0.15) is 45.4 Å². The Hall–Kier alpha value is -0.650. The number of hydrogen-bond donors (Lipinski definition) is 2. The molecule has 1 amide bonds. The summed E-state index contributed by atoms with van der Waals surface area (Å²) in [5, 5.41) is 12.5. The van der Waals surface area contributed by atoms with Crippen molar-refractivity contribution in [2.24, 2.45) is 5.92 Å². The summed E-state index contributed by atoms with van der Waals surface area (Å²) in [4.78, 5) is 16.7. The van der Waals surface area contributed by atoms with Gasteiger partial charge in [-0.1, -0.05) is 26.2 Å². The number of carbonyl (C=O) groups excluding carboxylic acids is 1. The highest BCUT2D eigenvalue weighted by molar-refractivity contribution is 5.78. The van der Waals surface area contributed by atoms with Crippen LogP contribution in [-0.2, 0) is 4.79 Å². The molecule has 5 heteroatoms. The van der Waals surface area contributed by atoms with Crippen molar-refractivity contribution >= 4 is 5.91 Å². The molecule has 0 aromatic rings. The van der Waals surface area contributed by atoms with Gasteiger partial charge in [0.1, 0.15) is 0 Å². The van der Waals surface area contributed by atoms with E-state index in [1.807, 2.05) is 0 Å². The van der Waals surface area contributed by atoms with Crippen molar-refractivity contribution in [3.63, 3.8) is 0 Å². The fourth-order valence-electron chi connectivity index (χ4n) is 3.70. The van der Waals surface area contributed by atoms with Gasteiger partial charge >= 0.3 is 0 Å². The fourth-order valence-corrected chi connectivity index (χ4v) is 3.70. The number of hydrogen-bond acceptors (Lipinski definition) is 4. The third kappa shape index (κ3) is 5.52. The van der Waals surface area contributed by atoms with Crippen LogP contribution in [0.4, 0.5) is 0 Å². The average molecular weight is 311 g/mol. The van der Waals surface area contributed by atoms with Crippen LogP contribution in [0.3, 0.4) is 0 Å². The Morgan fingerprint density at radius 1 is 1.18 bits per heavy atom. The topological polar surface area (TPSA) is 55.8 Å². The van der Waals surface area contributed by atoms with Crippen molar-refractivity contribution in [2.75, 3.05) is 45.9 Å². The molecule has 22 heavy (non-hydrogen) atoms. The van der Waals surface area contributed by atoms with Crippen LogP contribution < -0.4 is 5.32 Å². The quantitative estimate of drug-likeness (QED) is 0.738. The number of aliphatic hydroxyl groups excluding tert-OH is 1. The highest BCUT2D eigenvalue weighted by Crippen LogP contribution is 2.22. The van der Waals surface area contributed by atoms with Crippen LogP contribution in [-0.4, -0.2) is 72.7 Å². The summed E-state index contributed by atoms with van der Waals surface area (Å²) in [5.41, 5.74) is 0. The molecule has 1 aliphatic heterocycles. The van der Waals surface area contributed by atoms with Crippen molar-refractivity contribution in [2.45, 2.75) is 51.5 Å². The van der Waals surface area contributed by atoms with Gasteiger partial charge in [-0.2, -0.15) is 0 Å². The van der Waals surface area contributed by atoms with Crippen molar-refractivity contribution in [1.82, 2.24) is 15.1 Å². The zero-order valence-electron chi connectivity index (χ0n) is 14.1. The van der Waals surface area contributed by atoms with E-state index in [1.165, 1.54) is 32.1 Å². The van der Waals surface area contributed by atoms with E-state index in [0.717, 1.165) is 39.1 Å². The normalized spacial score (nSPS) is 23.4. The summed E-state index contributed by atoms with van der Waals surface area (Å²) in [7, 11) is 0. The van der Waals surface area contributed by atoms with E-state index >= 15 is 0 Å². The zero-order chi connectivity index (χ0) is 15.8. The molecule has 0 bridgehead atoms. The molecule has 0 radical (unpaired) electrons. The minimum Gasteiger partial charge on any atom is -0.395 e. The van der Waals surface area contributed by atoms with E-state index in [2.05, 4.69) is 22.0 Å². The molecule has 0 aromatic heterocycles. The average Bonchev–Trinajstić information content (AvgIpc) is 2.56. The Morgan fingerprint density at radius 3 is 2.45 bits per heavy atom. The summed E-state index contributed by atoms with van der Waals surface area (Å²) in [6, 6.07) is 0.280. The second-order valence-corrected chi connectivity index (χ2v) is 6.86. The first-order chi connectivity index (χ1) is 10.7. The number of nitrogens with one attached hydrogen (secondary N) is 1. The summed E-state index contributed by atoms with van der Waals surface area (Å²) in [5.74, 6) is 0.873. The van der Waals surface area contributed by atoms with E-state index in [-0.39, 0.29) is 18.6 Å². The van der Waals surface area contributed by atoms with Crippen LogP contribution in [0.15, 0.2) is 0 Å². The van der Waals surface area contributed by atoms with Crippen LogP contribution in [0, 0.1) is 5.92 Å². The number of piperazine rings is 1. The van der Waals surface area contributed by atoms with Gasteiger partial charge in [0.2, 0.25) is 5.91 Å². The van der Waals surface area contributed by atoms with E-state index in [1.54, 1.807) is 0 Å². The first kappa shape index (κ1) is 17.7. The van der Waals surface area contributed by atoms with Gasteiger partial charge in [-0.3, -0.25) is 14.6 Å². The number of carbonyl (C=O) groups is 1. The fraction of sp³-hybridized carbons (Fsp3) is 0.941. The predicted octanol–water partition coefficient (Wildman–Crippen LogP) is 1.07. The van der Waals surface area contributed by atoms with E-state index < -0.39 is 0 Å². The number of nitrogens with zero attached hydrogens (tertiary/aromatic N) is 2. The minimum atomic E-state index is 0.174. The molecule has 2 fully saturated rings. The van der Waals surface area contributed by atoms with E-state index in [4.69, 9.17) is 0 Å². The maximum atomic E-state index is 12.1. The lowest BCUT2D eigenvalue weighted by Gasteiger charge is -2.38. The molecule has 1 heterocycles. The highest BCUT2D eigenvalue weighted by Gasteiger charge is 2.23. The second-order valence-electron chi connectivity index (χ2n) is 6.86. The van der Waals surface area contributed by atoms with Gasteiger partial charge in [-0.05, 0) is 25.2 Å². The molecule has 5 nitrogen and oxygen atoms in total. The Bertz CT molecular complexity index is 320. The molecule has 2 N–H and O–H groups in total. The van der Waals surface area contributed by atoms with Crippen LogP contribution in [0.25, 0.3) is 0 Å². The maximum absolute atomic E-state index is 12.1. The molecule has 2 rings (SSSR count). The standard InChI is InChI=1S/C17H33N3O2/c1-2-16(14-21)20-10-8-19(9-11-20)13-17(22)18-12-15-6-4-3-5-7-15/h15-16,21H,2-14H2,1H3,(H,18,22). The van der Waals surface area contributed by atoms with Gasteiger partial charge in [0.25, 0.3) is 0 Å². The molecule has 1 saturated carbocycles. The second kappa shape index (κ2) is 9.48. The lowest BCUT2D eigenvalue weighted by Crippen LogP contribution is -2.53. The maximum Gasteiger partial charge on any atom is 0.234 e. The van der Waals surface area contributed by atoms with Gasteiger partial charge in [0.05, 0.1) is 13.2 Å². The van der Waals surface area contributed by atoms with Crippen molar-refractivity contribution in [3.05, 3.63) is 0 Å². The van der Waals surface area contributed by atoms with Gasteiger partial charge < -0.3 is 10.4 Å². The number of rotatable bonds is 7. The van der Waals surface area contributed by atoms with Gasteiger partial charge in [-0.25, -0.2) is 0 Å². The smallest absolute Gasteiger partial charge is 0.234 e. The summed E-state index contributed by atoms with van der Waals surface area (Å²) >= 11 is 0.